The summed E-state index contributed by atoms with van der Waals surface area (Å²) in [6, 6.07) is 3.65. The number of hydrogen-bond donors (Lipinski definition) is 2. The number of phenols is 1. The minimum Gasteiger partial charge on any atom is -0.502 e. The van der Waals surface area contributed by atoms with E-state index in [0.29, 0.717) is 11.1 Å². The minimum absolute atomic E-state index is 0.148. The Morgan fingerprint density at radius 1 is 1.41 bits per heavy atom. The number of carbonyl (C=O) groups is 1. The highest BCUT2D eigenvalue weighted by Crippen LogP contribution is 2.31. The summed E-state index contributed by atoms with van der Waals surface area (Å²) in [7, 11) is 0. The van der Waals surface area contributed by atoms with Crippen LogP contribution >= 0.6 is 0 Å². The largest absolute Gasteiger partial charge is 0.502 e. The van der Waals surface area contributed by atoms with Crippen LogP contribution in [-0.4, -0.2) is 26.8 Å². The Labute approximate surface area is 94.5 Å². The van der Waals surface area contributed by atoms with Crippen LogP contribution in [-0.2, 0) is 4.79 Å². The molecule has 1 aromatic rings. The summed E-state index contributed by atoms with van der Waals surface area (Å²) in [5, 5.41) is 28.6. The molecule has 7 heteroatoms. The van der Waals surface area contributed by atoms with Gasteiger partial charge in [-0.3, -0.25) is 10.1 Å². The highest BCUT2D eigenvalue weighted by atomic mass is 16.6. The molecule has 17 heavy (non-hydrogen) atoms. The summed E-state index contributed by atoms with van der Waals surface area (Å²) in [6.07, 6.45) is 1.31. The molecule has 0 unspecified atom stereocenters. The van der Waals surface area contributed by atoms with Crippen molar-refractivity contribution < 1.29 is 19.9 Å². The first-order valence-corrected chi connectivity index (χ1v) is 4.50. The number of nitro groups is 1. The second kappa shape index (κ2) is 3.71. The summed E-state index contributed by atoms with van der Waals surface area (Å²) < 4.78 is 0. The molecule has 0 amide bonds. The zero-order valence-electron chi connectivity index (χ0n) is 8.32. The molecule has 1 aromatic carbocycles. The Balaban J connectivity index is 2.39. The summed E-state index contributed by atoms with van der Waals surface area (Å²) >= 11 is 0. The van der Waals surface area contributed by atoms with Crippen LogP contribution in [0.3, 0.4) is 0 Å². The molecule has 0 aliphatic carbocycles. The molecule has 7 nitrogen and oxygen atoms in total. The summed E-state index contributed by atoms with van der Waals surface area (Å²) in [5.41, 5.74) is 0.0209. The van der Waals surface area contributed by atoms with E-state index in [0.717, 1.165) is 12.1 Å². The Hall–Kier alpha value is -2.70. The Morgan fingerprint density at radius 2 is 2.12 bits per heavy atom. The topological polar surface area (TPSA) is 113 Å². The number of rotatable bonds is 3. The van der Waals surface area contributed by atoms with Crippen molar-refractivity contribution in [2.45, 2.75) is 0 Å². The number of aromatic hydroxyl groups is 1. The van der Waals surface area contributed by atoms with Crippen molar-refractivity contribution in [3.63, 3.8) is 0 Å². The third-order valence-electron chi connectivity index (χ3n) is 2.26. The highest BCUT2D eigenvalue weighted by Gasteiger charge is 2.25. The molecule has 0 bridgehead atoms. The highest BCUT2D eigenvalue weighted by molar-refractivity contribution is 6.56. The number of hydrogen-bond acceptors (Lipinski definition) is 5. The van der Waals surface area contributed by atoms with Crippen molar-refractivity contribution in [3.8, 4) is 5.75 Å². The molecule has 2 N–H and O–H groups in total. The van der Waals surface area contributed by atoms with E-state index in [9.17, 15) is 20.0 Å². The molecule has 0 spiro atoms. The van der Waals surface area contributed by atoms with Crippen LogP contribution in [0.2, 0.25) is 0 Å². The lowest BCUT2D eigenvalue weighted by atomic mass is 9.98. The number of nitrogens with zero attached hydrogens (tertiary/aromatic N) is 2. The van der Waals surface area contributed by atoms with Crippen molar-refractivity contribution in [3.05, 3.63) is 40.1 Å². The zero-order chi connectivity index (χ0) is 12.6. The fourth-order valence-electron chi connectivity index (χ4n) is 1.41. The maximum Gasteiger partial charge on any atom is 0.355 e. The van der Waals surface area contributed by atoms with Gasteiger partial charge in [0.25, 0.3) is 0 Å². The number of aliphatic imine (C=N–C) groups is 1. The van der Waals surface area contributed by atoms with Crippen molar-refractivity contribution in [2.75, 3.05) is 0 Å². The molecular formula is C10H6N2O5. The molecular weight excluding hydrogens is 228 g/mol. The Bertz CT molecular complexity index is 588. The summed E-state index contributed by atoms with van der Waals surface area (Å²) in [6.45, 7) is 0. The molecule has 0 saturated carbocycles. The van der Waals surface area contributed by atoms with Crippen LogP contribution in [0.5, 0.6) is 5.75 Å². The number of benzene rings is 1. The first-order valence-electron chi connectivity index (χ1n) is 4.50. The first-order chi connectivity index (χ1) is 8.00. The van der Waals surface area contributed by atoms with Gasteiger partial charge in [-0.15, -0.1) is 0 Å². The second-order valence-corrected chi connectivity index (χ2v) is 3.29. The van der Waals surface area contributed by atoms with Gasteiger partial charge in [-0.05, 0) is 11.6 Å². The molecule has 86 valence electrons. The molecule has 0 atom stereocenters. The van der Waals surface area contributed by atoms with Gasteiger partial charge in [0.15, 0.2) is 11.5 Å². The van der Waals surface area contributed by atoms with Crippen molar-refractivity contribution in [1.29, 1.82) is 0 Å². The summed E-state index contributed by atoms with van der Waals surface area (Å²) in [5.74, 6) is -1.66. The number of nitro benzene ring substituents is 1. The molecule has 0 saturated heterocycles. The number of carboxylic acids is 1. The number of phenolic OH excluding ortho intramolecular Hbond substituents is 1. The lowest BCUT2D eigenvalue weighted by Gasteiger charge is -2.12. The van der Waals surface area contributed by atoms with Crippen LogP contribution in [0.25, 0.3) is 5.57 Å². The van der Waals surface area contributed by atoms with E-state index in [1.807, 2.05) is 0 Å². The SMILES string of the molecule is O=C(O)C1=NC=C1c1ccc(O)c([N+](=O)[O-])c1. The first kappa shape index (κ1) is 10.8. The van der Waals surface area contributed by atoms with Gasteiger partial charge in [0.05, 0.1) is 4.92 Å². The van der Waals surface area contributed by atoms with Gasteiger partial charge in [0.2, 0.25) is 0 Å². The predicted octanol–water partition coefficient (Wildman–Crippen LogP) is 1.18. The zero-order valence-corrected chi connectivity index (χ0v) is 8.32. The van der Waals surface area contributed by atoms with Crippen molar-refractivity contribution >= 4 is 22.9 Å². The third-order valence-corrected chi connectivity index (χ3v) is 2.26. The van der Waals surface area contributed by atoms with Crippen LogP contribution in [0.1, 0.15) is 5.56 Å². The van der Waals surface area contributed by atoms with Gasteiger partial charge in [-0.2, -0.15) is 0 Å². The van der Waals surface area contributed by atoms with Crippen LogP contribution in [0.15, 0.2) is 29.4 Å². The second-order valence-electron chi connectivity index (χ2n) is 3.29. The maximum atomic E-state index is 10.7. The van der Waals surface area contributed by atoms with Gasteiger partial charge >= 0.3 is 11.7 Å². The van der Waals surface area contributed by atoms with Gasteiger partial charge in [0.1, 0.15) is 0 Å². The average Bonchev–Trinajstić information content (AvgIpc) is 2.17. The molecule has 0 aromatic heterocycles. The van der Waals surface area contributed by atoms with E-state index >= 15 is 0 Å². The smallest absolute Gasteiger partial charge is 0.355 e. The fourth-order valence-corrected chi connectivity index (χ4v) is 1.41. The quantitative estimate of drug-likeness (QED) is 0.602. The maximum absolute atomic E-state index is 10.7. The van der Waals surface area contributed by atoms with Crippen LogP contribution in [0, 0.1) is 10.1 Å². The summed E-state index contributed by atoms with van der Waals surface area (Å²) in [4.78, 5) is 24.1. The standard InChI is InChI=1S/C10H6N2O5/c13-8-2-1-5(3-7(8)12(16)17)6-4-11-9(6)10(14)15/h1-4,13H,(H,14,15). The lowest BCUT2D eigenvalue weighted by molar-refractivity contribution is -0.385. The van der Waals surface area contributed by atoms with Crippen LogP contribution < -0.4 is 0 Å². The fraction of sp³-hybridized carbons (Fsp3) is 0. The minimum atomic E-state index is -1.20. The van der Waals surface area contributed by atoms with E-state index in [2.05, 4.69) is 4.99 Å². The van der Waals surface area contributed by atoms with Gasteiger partial charge in [-0.1, -0.05) is 6.07 Å². The molecule has 0 fully saturated rings. The van der Waals surface area contributed by atoms with E-state index in [1.54, 1.807) is 0 Å². The van der Waals surface area contributed by atoms with Crippen molar-refractivity contribution in [1.82, 2.24) is 0 Å². The third kappa shape index (κ3) is 1.73. The van der Waals surface area contributed by atoms with Gasteiger partial charge in [-0.25, -0.2) is 9.79 Å². The van der Waals surface area contributed by atoms with Gasteiger partial charge < -0.3 is 10.2 Å². The molecule has 2 rings (SSSR count). The normalized spacial score (nSPS) is 13.4. The molecule has 0 radical (unpaired) electrons. The van der Waals surface area contributed by atoms with E-state index < -0.39 is 22.3 Å². The predicted molar refractivity (Wildman–Crippen MR) is 57.8 cm³/mol. The number of aliphatic carboxylic acids is 1. The Kier molecular flexibility index (Phi) is 2.36. The number of carboxylic acid groups (broad SMARTS) is 1. The van der Waals surface area contributed by atoms with E-state index in [1.165, 1.54) is 12.3 Å². The van der Waals surface area contributed by atoms with Gasteiger partial charge in [0, 0.05) is 17.8 Å². The molecule has 1 heterocycles. The van der Waals surface area contributed by atoms with Crippen molar-refractivity contribution in [2.24, 2.45) is 4.99 Å². The molecule has 1 aliphatic heterocycles. The monoisotopic (exact) mass is 234 g/mol. The lowest BCUT2D eigenvalue weighted by Crippen LogP contribution is -2.19. The average molecular weight is 234 g/mol. The van der Waals surface area contributed by atoms with Crippen LogP contribution in [0.4, 0.5) is 5.69 Å². The van der Waals surface area contributed by atoms with E-state index in [4.69, 9.17) is 5.11 Å². The Morgan fingerprint density at radius 3 is 2.59 bits per heavy atom. The molecule has 1 aliphatic rings. The van der Waals surface area contributed by atoms with E-state index in [-0.39, 0.29) is 5.71 Å².